The molecule has 0 radical (unpaired) electrons. The first kappa shape index (κ1) is 11.5. The maximum absolute atomic E-state index is 3.60. The predicted octanol–water partition coefficient (Wildman–Crippen LogP) is 4.81. The number of halogens is 2. The van der Waals surface area contributed by atoms with Gasteiger partial charge in [-0.25, -0.2) is 0 Å². The molecule has 0 spiro atoms. The number of anilines is 1. The summed E-state index contributed by atoms with van der Waals surface area (Å²) in [6.45, 7) is 2.33. The van der Waals surface area contributed by atoms with Crippen molar-refractivity contribution in [2.75, 3.05) is 5.32 Å². The van der Waals surface area contributed by atoms with Gasteiger partial charge in [-0.2, -0.15) is 0 Å². The summed E-state index contributed by atoms with van der Waals surface area (Å²) in [6, 6.07) is 6.90. The van der Waals surface area contributed by atoms with Crippen LogP contribution in [-0.2, 0) is 0 Å². The Kier molecular flexibility index (Phi) is 3.73. The molecule has 0 aliphatic heterocycles. The molecule has 1 saturated carbocycles. The molecular weight excluding hydrogens is 318 g/mol. The molecule has 0 bridgehead atoms. The lowest BCUT2D eigenvalue weighted by Gasteiger charge is -2.15. The van der Waals surface area contributed by atoms with E-state index in [1.54, 1.807) is 0 Å². The lowest BCUT2D eigenvalue weighted by Crippen LogP contribution is -2.15. The van der Waals surface area contributed by atoms with Crippen LogP contribution in [0.15, 0.2) is 27.1 Å². The van der Waals surface area contributed by atoms with Crippen molar-refractivity contribution in [3.05, 3.63) is 27.1 Å². The normalized spacial score (nSPS) is 25.5. The second-order valence-electron chi connectivity index (χ2n) is 4.38. The molecule has 1 N–H and O–H groups in total. The van der Waals surface area contributed by atoms with Gasteiger partial charge in [0.15, 0.2) is 0 Å². The van der Waals surface area contributed by atoms with Crippen LogP contribution in [0, 0.1) is 5.92 Å². The van der Waals surface area contributed by atoms with Gasteiger partial charge in [0.2, 0.25) is 0 Å². The van der Waals surface area contributed by atoms with Crippen molar-refractivity contribution < 1.29 is 0 Å². The van der Waals surface area contributed by atoms with Crippen molar-refractivity contribution in [3.8, 4) is 0 Å². The fourth-order valence-corrected chi connectivity index (χ4v) is 2.89. The minimum absolute atomic E-state index is 0.644. The summed E-state index contributed by atoms with van der Waals surface area (Å²) in [5.41, 5.74) is 1.20. The summed E-state index contributed by atoms with van der Waals surface area (Å²) >= 11 is 7.07. The molecule has 1 aromatic carbocycles. The maximum Gasteiger partial charge on any atom is 0.0498 e. The van der Waals surface area contributed by atoms with Gasteiger partial charge in [0, 0.05) is 20.7 Å². The molecule has 0 aromatic heterocycles. The Morgan fingerprint density at radius 3 is 2.73 bits per heavy atom. The van der Waals surface area contributed by atoms with E-state index in [-0.39, 0.29) is 0 Å². The van der Waals surface area contributed by atoms with Crippen molar-refractivity contribution in [1.29, 1.82) is 0 Å². The highest BCUT2D eigenvalue weighted by Gasteiger charge is 2.21. The first-order chi connectivity index (χ1) is 7.15. The van der Waals surface area contributed by atoms with E-state index >= 15 is 0 Å². The van der Waals surface area contributed by atoms with E-state index in [2.05, 4.69) is 56.2 Å². The van der Waals surface area contributed by atoms with Crippen LogP contribution in [0.4, 0.5) is 5.69 Å². The van der Waals surface area contributed by atoms with Crippen LogP contribution < -0.4 is 5.32 Å². The largest absolute Gasteiger partial charge is 0.381 e. The van der Waals surface area contributed by atoms with Gasteiger partial charge in [-0.05, 0) is 59.3 Å². The molecule has 2 unspecified atom stereocenters. The summed E-state index contributed by atoms with van der Waals surface area (Å²) in [6.07, 6.45) is 3.93. The van der Waals surface area contributed by atoms with Gasteiger partial charge < -0.3 is 5.32 Å². The lowest BCUT2D eigenvalue weighted by atomic mass is 10.1. The summed E-state index contributed by atoms with van der Waals surface area (Å²) in [5, 5.41) is 3.60. The average Bonchev–Trinajstić information content (AvgIpc) is 2.58. The summed E-state index contributed by atoms with van der Waals surface area (Å²) in [7, 11) is 0. The van der Waals surface area contributed by atoms with Crippen molar-refractivity contribution in [2.24, 2.45) is 5.92 Å². The maximum atomic E-state index is 3.60. The smallest absolute Gasteiger partial charge is 0.0498 e. The van der Waals surface area contributed by atoms with Gasteiger partial charge in [0.05, 0.1) is 0 Å². The van der Waals surface area contributed by atoms with E-state index in [0.29, 0.717) is 6.04 Å². The molecule has 0 heterocycles. The van der Waals surface area contributed by atoms with Crippen LogP contribution in [-0.4, -0.2) is 6.04 Å². The third-order valence-electron chi connectivity index (χ3n) is 2.98. The topological polar surface area (TPSA) is 12.0 Å². The van der Waals surface area contributed by atoms with Gasteiger partial charge in [0.1, 0.15) is 0 Å². The van der Waals surface area contributed by atoms with E-state index in [1.165, 1.54) is 24.9 Å². The highest BCUT2D eigenvalue weighted by atomic mass is 79.9. The number of rotatable bonds is 2. The molecule has 1 fully saturated rings. The molecule has 3 heteroatoms. The zero-order valence-electron chi connectivity index (χ0n) is 8.76. The standard InChI is InChI=1S/C12H15Br2N/c1-8-2-4-10(6-8)15-12-7-9(13)3-5-11(12)14/h3,5,7-8,10,15H,2,4,6H2,1H3. The second-order valence-corrected chi connectivity index (χ2v) is 6.15. The van der Waals surface area contributed by atoms with E-state index in [0.717, 1.165) is 14.9 Å². The first-order valence-corrected chi connectivity index (χ1v) is 6.95. The predicted molar refractivity (Wildman–Crippen MR) is 72.3 cm³/mol. The third kappa shape index (κ3) is 2.97. The van der Waals surface area contributed by atoms with E-state index in [1.807, 2.05) is 6.07 Å². The van der Waals surface area contributed by atoms with Crippen LogP contribution in [0.1, 0.15) is 26.2 Å². The molecule has 1 aliphatic carbocycles. The third-order valence-corrected chi connectivity index (χ3v) is 4.17. The van der Waals surface area contributed by atoms with Crippen molar-refractivity contribution in [2.45, 2.75) is 32.2 Å². The molecular formula is C12H15Br2N. The minimum atomic E-state index is 0.644. The van der Waals surface area contributed by atoms with Crippen molar-refractivity contribution >= 4 is 37.5 Å². The zero-order chi connectivity index (χ0) is 10.8. The monoisotopic (exact) mass is 331 g/mol. The first-order valence-electron chi connectivity index (χ1n) is 5.37. The van der Waals surface area contributed by atoms with E-state index in [4.69, 9.17) is 0 Å². The van der Waals surface area contributed by atoms with Gasteiger partial charge in [-0.1, -0.05) is 22.9 Å². The van der Waals surface area contributed by atoms with Crippen molar-refractivity contribution in [3.63, 3.8) is 0 Å². The lowest BCUT2D eigenvalue weighted by molar-refractivity contribution is 0.602. The number of nitrogens with one attached hydrogen (secondary N) is 1. The van der Waals surface area contributed by atoms with Gasteiger partial charge in [-0.3, -0.25) is 0 Å². The molecule has 1 nitrogen and oxygen atoms in total. The molecule has 1 aliphatic rings. The summed E-state index contributed by atoms with van der Waals surface area (Å²) < 4.78 is 2.27. The number of benzene rings is 1. The van der Waals surface area contributed by atoms with Crippen molar-refractivity contribution in [1.82, 2.24) is 0 Å². The highest BCUT2D eigenvalue weighted by molar-refractivity contribution is 9.11. The Hall–Kier alpha value is -0.0200. The number of hydrogen-bond acceptors (Lipinski definition) is 1. The summed E-state index contributed by atoms with van der Waals surface area (Å²) in [4.78, 5) is 0. The molecule has 0 saturated heterocycles. The average molecular weight is 333 g/mol. The Bertz CT molecular complexity index is 351. The number of hydrogen-bond donors (Lipinski definition) is 1. The Labute approximate surface area is 108 Å². The summed E-state index contributed by atoms with van der Waals surface area (Å²) in [5.74, 6) is 0.869. The van der Waals surface area contributed by atoms with Gasteiger partial charge >= 0.3 is 0 Å². The van der Waals surface area contributed by atoms with Crippen LogP contribution >= 0.6 is 31.9 Å². The fourth-order valence-electron chi connectivity index (χ4n) is 2.17. The molecule has 0 amide bonds. The molecule has 2 atom stereocenters. The Balaban J connectivity index is 2.07. The van der Waals surface area contributed by atoms with Crippen LogP contribution in [0.5, 0.6) is 0 Å². The molecule has 1 aromatic rings. The van der Waals surface area contributed by atoms with Gasteiger partial charge in [0.25, 0.3) is 0 Å². The molecule has 15 heavy (non-hydrogen) atoms. The quantitative estimate of drug-likeness (QED) is 0.819. The molecule has 82 valence electrons. The second kappa shape index (κ2) is 4.88. The minimum Gasteiger partial charge on any atom is -0.381 e. The van der Waals surface area contributed by atoms with Gasteiger partial charge in [-0.15, -0.1) is 0 Å². The van der Waals surface area contributed by atoms with Crippen LogP contribution in [0.2, 0.25) is 0 Å². The van der Waals surface area contributed by atoms with E-state index in [9.17, 15) is 0 Å². The Morgan fingerprint density at radius 2 is 2.07 bits per heavy atom. The van der Waals surface area contributed by atoms with Crippen LogP contribution in [0.3, 0.4) is 0 Å². The fraction of sp³-hybridized carbons (Fsp3) is 0.500. The Morgan fingerprint density at radius 1 is 1.27 bits per heavy atom. The highest BCUT2D eigenvalue weighted by Crippen LogP contribution is 2.31. The molecule has 2 rings (SSSR count). The SMILES string of the molecule is CC1CCC(Nc2cc(Br)ccc2Br)C1. The van der Waals surface area contributed by atoms with E-state index < -0.39 is 0 Å². The van der Waals surface area contributed by atoms with Crippen LogP contribution in [0.25, 0.3) is 0 Å². The zero-order valence-corrected chi connectivity index (χ0v) is 11.9.